The fourth-order valence-corrected chi connectivity index (χ4v) is 3.17. The lowest BCUT2D eigenvalue weighted by atomic mass is 10.0. The van der Waals surface area contributed by atoms with Gasteiger partial charge in [-0.05, 0) is 58.0 Å². The Kier molecular flexibility index (Phi) is 5.87. The second-order valence-electron chi connectivity index (χ2n) is 5.63. The standard InChI is InChI=1S/C16H24BrNO2/c1-12(19)15-11-13(17)6-7-16(15)20-10-8-14-5-3-4-9-18(14)2/h6-7,11-12,14,19H,3-5,8-10H2,1-2H3. The van der Waals surface area contributed by atoms with Crippen LogP contribution in [0.15, 0.2) is 22.7 Å². The number of ether oxygens (including phenoxy) is 1. The van der Waals surface area contributed by atoms with Crippen LogP contribution in [0.5, 0.6) is 5.75 Å². The molecule has 112 valence electrons. The molecule has 1 aliphatic rings. The van der Waals surface area contributed by atoms with Crippen molar-refractivity contribution in [1.29, 1.82) is 0 Å². The maximum atomic E-state index is 9.81. The zero-order valence-corrected chi connectivity index (χ0v) is 13.9. The van der Waals surface area contributed by atoms with Gasteiger partial charge in [-0.3, -0.25) is 0 Å². The largest absolute Gasteiger partial charge is 0.493 e. The zero-order chi connectivity index (χ0) is 14.5. The van der Waals surface area contributed by atoms with Gasteiger partial charge in [0, 0.05) is 16.1 Å². The number of aliphatic hydroxyl groups excluding tert-OH is 1. The van der Waals surface area contributed by atoms with Crippen molar-refractivity contribution in [3.63, 3.8) is 0 Å². The van der Waals surface area contributed by atoms with Crippen LogP contribution in [-0.4, -0.2) is 36.2 Å². The molecule has 1 N–H and O–H groups in total. The third kappa shape index (κ3) is 4.21. The summed E-state index contributed by atoms with van der Waals surface area (Å²) < 4.78 is 6.86. The van der Waals surface area contributed by atoms with Gasteiger partial charge in [-0.25, -0.2) is 0 Å². The Morgan fingerprint density at radius 1 is 1.45 bits per heavy atom. The summed E-state index contributed by atoms with van der Waals surface area (Å²) >= 11 is 3.43. The summed E-state index contributed by atoms with van der Waals surface area (Å²) in [5.41, 5.74) is 0.844. The molecule has 1 fully saturated rings. The van der Waals surface area contributed by atoms with Gasteiger partial charge in [-0.15, -0.1) is 0 Å². The van der Waals surface area contributed by atoms with Gasteiger partial charge in [0.2, 0.25) is 0 Å². The Labute approximate surface area is 130 Å². The quantitative estimate of drug-likeness (QED) is 0.885. The van der Waals surface area contributed by atoms with Crippen molar-refractivity contribution in [2.24, 2.45) is 0 Å². The lowest BCUT2D eigenvalue weighted by Gasteiger charge is -2.32. The maximum Gasteiger partial charge on any atom is 0.125 e. The highest BCUT2D eigenvalue weighted by atomic mass is 79.9. The van der Waals surface area contributed by atoms with E-state index in [2.05, 4.69) is 27.9 Å². The van der Waals surface area contributed by atoms with Crippen LogP contribution >= 0.6 is 15.9 Å². The monoisotopic (exact) mass is 341 g/mol. The van der Waals surface area contributed by atoms with Gasteiger partial charge < -0.3 is 14.7 Å². The third-order valence-electron chi connectivity index (χ3n) is 4.05. The molecule has 0 amide bonds. The van der Waals surface area contributed by atoms with Gasteiger partial charge in [-0.1, -0.05) is 22.4 Å². The summed E-state index contributed by atoms with van der Waals surface area (Å²) in [7, 11) is 2.20. The average Bonchev–Trinajstić information content (AvgIpc) is 2.42. The average molecular weight is 342 g/mol. The van der Waals surface area contributed by atoms with Crippen LogP contribution in [0.1, 0.15) is 44.3 Å². The van der Waals surface area contributed by atoms with E-state index in [1.54, 1.807) is 6.92 Å². The molecule has 0 spiro atoms. The van der Waals surface area contributed by atoms with E-state index in [0.29, 0.717) is 12.6 Å². The minimum absolute atomic E-state index is 0.514. The molecule has 1 aromatic rings. The van der Waals surface area contributed by atoms with E-state index in [-0.39, 0.29) is 0 Å². The van der Waals surface area contributed by atoms with Crippen LogP contribution in [0, 0.1) is 0 Å². The van der Waals surface area contributed by atoms with E-state index in [0.717, 1.165) is 22.2 Å². The summed E-state index contributed by atoms with van der Waals surface area (Å²) in [5, 5.41) is 9.81. The summed E-state index contributed by atoms with van der Waals surface area (Å²) in [6, 6.07) is 6.44. The predicted octanol–water partition coefficient (Wildman–Crippen LogP) is 3.76. The van der Waals surface area contributed by atoms with Crippen LogP contribution in [0.25, 0.3) is 0 Å². The van der Waals surface area contributed by atoms with Crippen LogP contribution in [0.4, 0.5) is 0 Å². The van der Waals surface area contributed by atoms with Crippen molar-refractivity contribution in [2.75, 3.05) is 20.2 Å². The van der Waals surface area contributed by atoms with Crippen LogP contribution in [-0.2, 0) is 0 Å². The first-order valence-electron chi connectivity index (χ1n) is 7.38. The summed E-state index contributed by atoms with van der Waals surface area (Å²) in [6.07, 6.45) is 4.44. The SMILES string of the molecule is CC(O)c1cc(Br)ccc1OCCC1CCCCN1C. The molecule has 1 saturated heterocycles. The first-order chi connectivity index (χ1) is 9.58. The highest BCUT2D eigenvalue weighted by Crippen LogP contribution is 2.29. The van der Waals surface area contributed by atoms with Crippen LogP contribution < -0.4 is 4.74 Å². The number of halogens is 1. The second kappa shape index (κ2) is 7.43. The number of aliphatic hydroxyl groups is 1. The molecule has 1 aromatic carbocycles. The first kappa shape index (κ1) is 15.8. The second-order valence-corrected chi connectivity index (χ2v) is 6.54. The van der Waals surface area contributed by atoms with E-state index >= 15 is 0 Å². The molecule has 4 heteroatoms. The maximum absolute atomic E-state index is 9.81. The zero-order valence-electron chi connectivity index (χ0n) is 12.3. The summed E-state index contributed by atoms with van der Waals surface area (Å²) in [6.45, 7) is 3.67. The first-order valence-corrected chi connectivity index (χ1v) is 8.18. The van der Waals surface area contributed by atoms with Gasteiger partial charge in [0.15, 0.2) is 0 Å². The van der Waals surface area contributed by atoms with E-state index in [1.165, 1.54) is 25.8 Å². The van der Waals surface area contributed by atoms with E-state index in [4.69, 9.17) is 4.74 Å². The van der Waals surface area contributed by atoms with Crippen LogP contribution in [0.3, 0.4) is 0 Å². The molecular formula is C16H24BrNO2. The van der Waals surface area contributed by atoms with E-state index in [9.17, 15) is 5.11 Å². The number of hydrogen-bond acceptors (Lipinski definition) is 3. The van der Waals surface area contributed by atoms with Crippen molar-refractivity contribution in [3.8, 4) is 5.75 Å². The molecule has 0 aromatic heterocycles. The highest BCUT2D eigenvalue weighted by Gasteiger charge is 2.19. The molecule has 1 heterocycles. The van der Waals surface area contributed by atoms with Crippen molar-refractivity contribution in [3.05, 3.63) is 28.2 Å². The van der Waals surface area contributed by atoms with E-state index in [1.807, 2.05) is 18.2 Å². The Hall–Kier alpha value is -0.580. The predicted molar refractivity (Wildman–Crippen MR) is 85.2 cm³/mol. The van der Waals surface area contributed by atoms with Crippen molar-refractivity contribution in [2.45, 2.75) is 44.8 Å². The van der Waals surface area contributed by atoms with Crippen molar-refractivity contribution >= 4 is 15.9 Å². The van der Waals surface area contributed by atoms with Crippen molar-refractivity contribution < 1.29 is 9.84 Å². The Balaban J connectivity index is 1.90. The molecule has 3 nitrogen and oxygen atoms in total. The molecule has 0 bridgehead atoms. The van der Waals surface area contributed by atoms with Gasteiger partial charge in [-0.2, -0.15) is 0 Å². The fourth-order valence-electron chi connectivity index (χ4n) is 2.79. The molecule has 0 radical (unpaired) electrons. The normalized spacial score (nSPS) is 21.7. The molecule has 0 aliphatic carbocycles. The molecule has 2 unspecified atom stereocenters. The molecule has 20 heavy (non-hydrogen) atoms. The van der Waals surface area contributed by atoms with Gasteiger partial charge in [0.25, 0.3) is 0 Å². The molecule has 2 rings (SSSR count). The third-order valence-corrected chi connectivity index (χ3v) is 4.55. The Bertz CT molecular complexity index is 436. The smallest absolute Gasteiger partial charge is 0.125 e. The summed E-state index contributed by atoms with van der Waals surface area (Å²) in [5.74, 6) is 0.793. The summed E-state index contributed by atoms with van der Waals surface area (Å²) in [4.78, 5) is 2.43. The lowest BCUT2D eigenvalue weighted by Crippen LogP contribution is -2.37. The number of benzene rings is 1. The lowest BCUT2D eigenvalue weighted by molar-refractivity contribution is 0.149. The van der Waals surface area contributed by atoms with Crippen molar-refractivity contribution in [1.82, 2.24) is 4.90 Å². The Morgan fingerprint density at radius 2 is 2.25 bits per heavy atom. The van der Waals surface area contributed by atoms with Gasteiger partial charge in [0.05, 0.1) is 12.7 Å². The topological polar surface area (TPSA) is 32.7 Å². The number of piperidine rings is 1. The molecular weight excluding hydrogens is 318 g/mol. The van der Waals surface area contributed by atoms with Gasteiger partial charge in [0.1, 0.15) is 5.75 Å². The molecule has 0 saturated carbocycles. The molecule has 2 atom stereocenters. The number of rotatable bonds is 5. The Morgan fingerprint density at radius 3 is 2.95 bits per heavy atom. The molecule has 1 aliphatic heterocycles. The fraction of sp³-hybridized carbons (Fsp3) is 0.625. The number of likely N-dealkylation sites (tertiary alicyclic amines) is 1. The van der Waals surface area contributed by atoms with Crippen LogP contribution in [0.2, 0.25) is 0 Å². The number of nitrogens with zero attached hydrogens (tertiary/aromatic N) is 1. The number of hydrogen-bond donors (Lipinski definition) is 1. The minimum atomic E-state index is -0.514. The van der Waals surface area contributed by atoms with Gasteiger partial charge >= 0.3 is 0 Å². The van der Waals surface area contributed by atoms with E-state index < -0.39 is 6.10 Å². The highest BCUT2D eigenvalue weighted by molar-refractivity contribution is 9.10. The minimum Gasteiger partial charge on any atom is -0.493 e.